The van der Waals surface area contributed by atoms with Crippen LogP contribution in [-0.4, -0.2) is 67.1 Å². The number of thioether (sulfide) groups is 1. The highest BCUT2D eigenvalue weighted by molar-refractivity contribution is 8.06. The van der Waals surface area contributed by atoms with E-state index in [9.17, 15) is 34.5 Å². The Morgan fingerprint density at radius 1 is 1.00 bits per heavy atom. The minimum Gasteiger partial charge on any atom is -0.516 e. The molecule has 5 heterocycles. The maximum atomic E-state index is 12.6. The molecule has 45 heavy (non-hydrogen) atoms. The second-order valence-electron chi connectivity index (χ2n) is 12.2. The SMILES string of the molecule is C=CC1C(=O)N[C@H](CC2N/C(=C/c3[nH]c(/C=C4\NC(=O)[C@H](C)[C@H]4[C@@H]4CS4)c(C)c3CCC(=O)O)C(CCC(=O)O)=C2C)/C1=C\O. The number of carboxylic acid groups (broad SMARTS) is 2. The Labute approximate surface area is 266 Å². The molecule has 0 bridgehead atoms. The molecule has 5 rings (SSSR count). The molecule has 11 nitrogen and oxygen atoms in total. The number of carbonyl (C=O) groups is 4. The molecule has 0 saturated carbocycles. The molecule has 2 unspecified atom stereocenters. The van der Waals surface area contributed by atoms with Gasteiger partial charge in [0.05, 0.1) is 18.2 Å². The molecule has 0 aliphatic carbocycles. The molecule has 3 fully saturated rings. The van der Waals surface area contributed by atoms with Gasteiger partial charge in [0, 0.05) is 70.1 Å². The van der Waals surface area contributed by atoms with Gasteiger partial charge in [-0.05, 0) is 67.5 Å². The predicted molar refractivity (Wildman–Crippen MR) is 172 cm³/mol. The van der Waals surface area contributed by atoms with E-state index < -0.39 is 23.9 Å². The third-order valence-electron chi connectivity index (χ3n) is 9.43. The smallest absolute Gasteiger partial charge is 0.303 e. The number of hydrogen-bond donors (Lipinski definition) is 7. The molecule has 1 aromatic rings. The summed E-state index contributed by atoms with van der Waals surface area (Å²) in [4.78, 5) is 51.6. The first-order valence-electron chi connectivity index (χ1n) is 15.2. The van der Waals surface area contributed by atoms with Crippen LogP contribution in [0.5, 0.6) is 0 Å². The minimum absolute atomic E-state index is 0.00153. The van der Waals surface area contributed by atoms with Crippen molar-refractivity contribution in [2.24, 2.45) is 17.8 Å². The van der Waals surface area contributed by atoms with E-state index in [0.717, 1.165) is 45.7 Å². The molecule has 3 saturated heterocycles. The number of aromatic nitrogens is 1. The second-order valence-corrected chi connectivity index (χ2v) is 13.4. The van der Waals surface area contributed by atoms with Crippen LogP contribution in [0.15, 0.2) is 47.0 Å². The number of rotatable bonds is 12. The number of aliphatic hydroxyl groups is 1. The molecule has 240 valence electrons. The molecule has 0 aromatic carbocycles. The van der Waals surface area contributed by atoms with Crippen molar-refractivity contribution < 1.29 is 34.5 Å². The second kappa shape index (κ2) is 13.0. The highest BCUT2D eigenvalue weighted by Gasteiger charge is 2.45. The topological polar surface area (TPSA) is 181 Å². The van der Waals surface area contributed by atoms with Crippen molar-refractivity contribution >= 4 is 47.7 Å². The van der Waals surface area contributed by atoms with E-state index in [-0.39, 0.29) is 55.4 Å². The first-order valence-corrected chi connectivity index (χ1v) is 16.2. The summed E-state index contributed by atoms with van der Waals surface area (Å²) in [6.07, 6.45) is 7.15. The molecule has 6 atom stereocenters. The Bertz CT molecular complexity index is 1560. The van der Waals surface area contributed by atoms with Crippen LogP contribution >= 0.6 is 11.8 Å². The number of nitrogens with one attached hydrogen (secondary N) is 4. The summed E-state index contributed by atoms with van der Waals surface area (Å²) in [5.41, 5.74) is 7.07. The molecule has 12 heteroatoms. The predicted octanol–water partition coefficient (Wildman–Crippen LogP) is 3.81. The Balaban J connectivity index is 1.51. The molecular formula is C33H40N4O7S. The molecule has 4 aliphatic heterocycles. The van der Waals surface area contributed by atoms with Crippen LogP contribution < -0.4 is 16.0 Å². The number of H-pyrrole nitrogens is 1. The number of hydrogen-bond acceptors (Lipinski definition) is 7. The fourth-order valence-electron chi connectivity index (χ4n) is 6.78. The van der Waals surface area contributed by atoms with E-state index in [1.165, 1.54) is 6.08 Å². The Morgan fingerprint density at radius 2 is 1.69 bits per heavy atom. The van der Waals surface area contributed by atoms with Crippen molar-refractivity contribution in [2.45, 2.75) is 70.2 Å². The highest BCUT2D eigenvalue weighted by Crippen LogP contribution is 2.46. The standard InChI is InChI=1S/C33H40N4O7S/c1-5-18-21(13-38)26(36-33(18)44)10-22-15(2)19(6-8-29(39)40)24(34-22)12-25-20(7-9-30(41)42)16(3)23(35-25)11-27-31(28-14-45-28)17(4)32(43)37-27/h5,11-13,17-18,22,26,28,31,34-35,38H,1,6-10,14H2,2-4H3,(H,36,44)(H,37,43)(H,39,40)(H,41,42)/b21-13-,24-12+,27-11-/t17-,18?,22?,26-,28+,31-/m1/s1. The minimum atomic E-state index is -0.927. The van der Waals surface area contributed by atoms with E-state index in [1.54, 1.807) is 0 Å². The van der Waals surface area contributed by atoms with Crippen molar-refractivity contribution in [1.29, 1.82) is 0 Å². The van der Waals surface area contributed by atoms with Gasteiger partial charge in [0.15, 0.2) is 0 Å². The fourth-order valence-corrected chi connectivity index (χ4v) is 7.69. The largest absolute Gasteiger partial charge is 0.516 e. The van der Waals surface area contributed by atoms with Gasteiger partial charge in [-0.15, -0.1) is 6.58 Å². The van der Waals surface area contributed by atoms with Gasteiger partial charge in [-0.2, -0.15) is 11.8 Å². The maximum Gasteiger partial charge on any atom is 0.303 e. The molecule has 4 aliphatic rings. The zero-order chi connectivity index (χ0) is 32.6. The lowest BCUT2D eigenvalue weighted by atomic mass is 9.91. The zero-order valence-electron chi connectivity index (χ0n) is 25.6. The van der Waals surface area contributed by atoms with E-state index in [4.69, 9.17) is 0 Å². The van der Waals surface area contributed by atoms with Crippen molar-refractivity contribution in [3.63, 3.8) is 0 Å². The van der Waals surface area contributed by atoms with Crippen molar-refractivity contribution in [1.82, 2.24) is 20.9 Å². The number of carbonyl (C=O) groups excluding carboxylic acids is 2. The lowest BCUT2D eigenvalue weighted by Gasteiger charge is -2.20. The molecule has 0 spiro atoms. The van der Waals surface area contributed by atoms with E-state index >= 15 is 0 Å². The normalized spacial score (nSPS) is 30.2. The van der Waals surface area contributed by atoms with Crippen molar-refractivity contribution in [2.75, 3.05) is 5.75 Å². The summed E-state index contributed by atoms with van der Waals surface area (Å²) in [7, 11) is 0. The Morgan fingerprint density at radius 3 is 2.31 bits per heavy atom. The van der Waals surface area contributed by atoms with Crippen LogP contribution in [0.1, 0.15) is 62.0 Å². The highest BCUT2D eigenvalue weighted by atomic mass is 32.2. The summed E-state index contributed by atoms with van der Waals surface area (Å²) in [5, 5.41) is 38.7. The van der Waals surface area contributed by atoms with Gasteiger partial charge in [-0.25, -0.2) is 0 Å². The van der Waals surface area contributed by atoms with Gasteiger partial charge in [-0.1, -0.05) is 13.0 Å². The number of aliphatic hydroxyl groups excluding tert-OH is 1. The van der Waals surface area contributed by atoms with Gasteiger partial charge in [0.25, 0.3) is 0 Å². The number of amides is 2. The van der Waals surface area contributed by atoms with Crippen LogP contribution in [-0.2, 0) is 25.6 Å². The van der Waals surface area contributed by atoms with Crippen LogP contribution in [0, 0.1) is 24.7 Å². The van der Waals surface area contributed by atoms with E-state index in [1.807, 2.05) is 44.7 Å². The monoisotopic (exact) mass is 636 g/mol. The average Bonchev–Trinajstić information content (AvgIpc) is 3.54. The Kier molecular flexibility index (Phi) is 9.33. The van der Waals surface area contributed by atoms with Gasteiger partial charge in [0.2, 0.25) is 11.8 Å². The van der Waals surface area contributed by atoms with E-state index in [0.29, 0.717) is 28.6 Å². The third kappa shape index (κ3) is 6.61. The van der Waals surface area contributed by atoms with Crippen molar-refractivity contribution in [3.8, 4) is 0 Å². The number of allylic oxidation sites excluding steroid dienone is 2. The Hall–Kier alpha value is -4.19. The lowest BCUT2D eigenvalue weighted by Crippen LogP contribution is -2.35. The summed E-state index contributed by atoms with van der Waals surface area (Å²) in [6.45, 7) is 9.52. The first-order chi connectivity index (χ1) is 21.4. The number of aliphatic carboxylic acids is 2. The van der Waals surface area contributed by atoms with Crippen molar-refractivity contribution in [3.05, 3.63) is 69.5 Å². The number of aromatic amines is 1. The first kappa shape index (κ1) is 32.2. The molecule has 0 radical (unpaired) electrons. The van der Waals surface area contributed by atoms with Gasteiger partial charge in [-0.3, -0.25) is 19.2 Å². The number of carboxylic acids is 2. The maximum absolute atomic E-state index is 12.6. The fraction of sp³-hybridized carbons (Fsp3) is 0.455. The summed E-state index contributed by atoms with van der Waals surface area (Å²) in [5.74, 6) is -1.73. The van der Waals surface area contributed by atoms with Crippen LogP contribution in [0.25, 0.3) is 12.2 Å². The summed E-state index contributed by atoms with van der Waals surface area (Å²) >= 11 is 1.83. The lowest BCUT2D eigenvalue weighted by molar-refractivity contribution is -0.138. The van der Waals surface area contributed by atoms with Crippen LogP contribution in [0.2, 0.25) is 0 Å². The zero-order valence-corrected chi connectivity index (χ0v) is 26.4. The van der Waals surface area contributed by atoms with Gasteiger partial charge in [0.1, 0.15) is 0 Å². The molecule has 7 N–H and O–H groups in total. The molecule has 1 aromatic heterocycles. The third-order valence-corrected chi connectivity index (χ3v) is 10.4. The van der Waals surface area contributed by atoms with Crippen LogP contribution in [0.3, 0.4) is 0 Å². The van der Waals surface area contributed by atoms with Crippen LogP contribution in [0.4, 0.5) is 0 Å². The summed E-state index contributed by atoms with van der Waals surface area (Å²) < 4.78 is 0. The van der Waals surface area contributed by atoms with Gasteiger partial charge >= 0.3 is 11.9 Å². The van der Waals surface area contributed by atoms with E-state index in [2.05, 4.69) is 27.5 Å². The summed E-state index contributed by atoms with van der Waals surface area (Å²) in [6, 6.07) is -0.687. The quantitative estimate of drug-likeness (QED) is 0.102. The molecule has 2 amide bonds. The molecular weight excluding hydrogens is 596 g/mol. The average molecular weight is 637 g/mol. The van der Waals surface area contributed by atoms with Gasteiger partial charge < -0.3 is 36.3 Å².